The molecule has 0 spiro atoms. The molecule has 0 aliphatic rings. The van der Waals surface area contributed by atoms with Crippen LogP contribution in [0.15, 0.2) is 24.8 Å². The van der Waals surface area contributed by atoms with Crippen molar-refractivity contribution in [2.75, 3.05) is 0 Å². The van der Waals surface area contributed by atoms with Gasteiger partial charge in [0.15, 0.2) is 0 Å². The fourth-order valence-corrected chi connectivity index (χ4v) is 0.859. The van der Waals surface area contributed by atoms with Gasteiger partial charge in [0.1, 0.15) is 6.10 Å². The largest absolute Gasteiger partial charge is 0.462 e. The van der Waals surface area contributed by atoms with E-state index >= 15 is 0 Å². The van der Waals surface area contributed by atoms with Crippen molar-refractivity contribution in [2.24, 2.45) is 0 Å². The summed E-state index contributed by atoms with van der Waals surface area (Å²) < 4.78 is 5.02. The average Bonchev–Trinajstić information content (AvgIpc) is 2.02. The Balaban J connectivity index is 3.74. The van der Waals surface area contributed by atoms with Crippen molar-refractivity contribution in [3.8, 4) is 0 Å². The topological polar surface area (TPSA) is 26.3 Å². The fourth-order valence-electron chi connectivity index (χ4n) is 0.859. The zero-order valence-electron chi connectivity index (χ0n) is 7.75. The molecule has 0 bridgehead atoms. The van der Waals surface area contributed by atoms with E-state index in [0.717, 1.165) is 12.8 Å². The van der Waals surface area contributed by atoms with Crippen LogP contribution < -0.4 is 0 Å². The van der Waals surface area contributed by atoms with Crippen molar-refractivity contribution in [1.82, 2.24) is 0 Å². The van der Waals surface area contributed by atoms with Crippen molar-refractivity contribution in [1.29, 1.82) is 0 Å². The van der Waals surface area contributed by atoms with Crippen molar-refractivity contribution in [2.45, 2.75) is 32.8 Å². The van der Waals surface area contributed by atoms with Gasteiger partial charge in [-0.25, -0.2) is 0 Å². The number of rotatable bonds is 5. The second-order valence-electron chi connectivity index (χ2n) is 2.54. The first-order valence-electron chi connectivity index (χ1n) is 4.15. The lowest BCUT2D eigenvalue weighted by Gasteiger charge is -2.11. The first-order chi connectivity index (χ1) is 5.70. The van der Waals surface area contributed by atoms with Gasteiger partial charge in [-0.05, 0) is 6.42 Å². The van der Waals surface area contributed by atoms with Crippen molar-refractivity contribution >= 4 is 5.97 Å². The highest BCUT2D eigenvalue weighted by molar-refractivity contribution is 5.66. The Hall–Kier alpha value is -1.05. The van der Waals surface area contributed by atoms with Crippen LogP contribution in [-0.4, -0.2) is 12.1 Å². The third-order valence-electron chi connectivity index (χ3n) is 1.46. The molecule has 0 fully saturated rings. The molecule has 0 radical (unpaired) electrons. The summed E-state index contributed by atoms with van der Waals surface area (Å²) in [5.74, 6) is -0.214. The van der Waals surface area contributed by atoms with Gasteiger partial charge in [-0.2, -0.15) is 0 Å². The van der Waals surface area contributed by atoms with Gasteiger partial charge in [-0.3, -0.25) is 4.79 Å². The van der Waals surface area contributed by atoms with Crippen LogP contribution in [0.1, 0.15) is 26.7 Å². The third-order valence-corrected chi connectivity index (χ3v) is 1.46. The highest BCUT2D eigenvalue weighted by Crippen LogP contribution is 2.04. The molecule has 0 aliphatic carbocycles. The van der Waals surface area contributed by atoms with Gasteiger partial charge in [-0.15, -0.1) is 0 Å². The Morgan fingerprint density at radius 1 is 1.67 bits per heavy atom. The SMILES string of the molecule is C=CC=CCC(CC)OC(C)=O. The molecule has 1 unspecified atom stereocenters. The fraction of sp³-hybridized carbons (Fsp3) is 0.500. The molecule has 0 saturated heterocycles. The molecule has 0 aromatic heterocycles. The monoisotopic (exact) mass is 168 g/mol. The van der Waals surface area contributed by atoms with Gasteiger partial charge < -0.3 is 4.74 Å². The highest BCUT2D eigenvalue weighted by Gasteiger charge is 2.05. The summed E-state index contributed by atoms with van der Waals surface area (Å²) in [6.07, 6.45) is 7.14. The van der Waals surface area contributed by atoms with E-state index in [0.29, 0.717) is 0 Å². The van der Waals surface area contributed by atoms with E-state index in [-0.39, 0.29) is 12.1 Å². The molecule has 68 valence electrons. The van der Waals surface area contributed by atoms with Crippen LogP contribution in [0.4, 0.5) is 0 Å². The molecular weight excluding hydrogens is 152 g/mol. The van der Waals surface area contributed by atoms with Crippen molar-refractivity contribution < 1.29 is 9.53 Å². The summed E-state index contributed by atoms with van der Waals surface area (Å²) in [5.41, 5.74) is 0. The summed E-state index contributed by atoms with van der Waals surface area (Å²) >= 11 is 0. The smallest absolute Gasteiger partial charge is 0.302 e. The number of esters is 1. The van der Waals surface area contributed by atoms with Crippen LogP contribution in [0.2, 0.25) is 0 Å². The lowest BCUT2D eigenvalue weighted by atomic mass is 10.2. The quantitative estimate of drug-likeness (QED) is 0.465. The van der Waals surface area contributed by atoms with Crippen LogP contribution in [0.3, 0.4) is 0 Å². The molecule has 0 aliphatic heterocycles. The second-order valence-corrected chi connectivity index (χ2v) is 2.54. The molecule has 2 nitrogen and oxygen atoms in total. The van der Waals surface area contributed by atoms with E-state index in [1.165, 1.54) is 6.92 Å². The van der Waals surface area contributed by atoms with Gasteiger partial charge >= 0.3 is 5.97 Å². The Kier molecular flexibility index (Phi) is 6.07. The van der Waals surface area contributed by atoms with Crippen LogP contribution >= 0.6 is 0 Å². The zero-order chi connectivity index (χ0) is 9.40. The first kappa shape index (κ1) is 11.0. The summed E-state index contributed by atoms with van der Waals surface area (Å²) in [6.45, 7) is 6.98. The predicted octanol–water partition coefficient (Wildman–Crippen LogP) is 2.46. The van der Waals surface area contributed by atoms with E-state index in [4.69, 9.17) is 4.74 Å². The van der Waals surface area contributed by atoms with Gasteiger partial charge in [-0.1, -0.05) is 31.7 Å². The summed E-state index contributed by atoms with van der Waals surface area (Å²) in [6, 6.07) is 0. The van der Waals surface area contributed by atoms with E-state index in [2.05, 4.69) is 6.58 Å². The van der Waals surface area contributed by atoms with Crippen molar-refractivity contribution in [3.63, 3.8) is 0 Å². The molecule has 0 N–H and O–H groups in total. The molecule has 0 aromatic carbocycles. The number of hydrogen-bond acceptors (Lipinski definition) is 2. The number of carbonyl (C=O) groups is 1. The maximum Gasteiger partial charge on any atom is 0.302 e. The minimum atomic E-state index is -0.214. The number of carbonyl (C=O) groups excluding carboxylic acids is 1. The average molecular weight is 168 g/mol. The molecule has 1 atom stereocenters. The van der Waals surface area contributed by atoms with Crippen molar-refractivity contribution in [3.05, 3.63) is 24.8 Å². The predicted molar refractivity (Wildman–Crippen MR) is 49.8 cm³/mol. The third kappa shape index (κ3) is 5.71. The lowest BCUT2D eigenvalue weighted by Crippen LogP contribution is -2.13. The minimum absolute atomic E-state index is 0.0127. The Labute approximate surface area is 73.9 Å². The second kappa shape index (κ2) is 6.65. The van der Waals surface area contributed by atoms with Gasteiger partial charge in [0, 0.05) is 13.3 Å². The lowest BCUT2D eigenvalue weighted by molar-refractivity contribution is -0.146. The maximum atomic E-state index is 10.6. The van der Waals surface area contributed by atoms with Crippen LogP contribution in [0, 0.1) is 0 Å². The summed E-state index contributed by atoms with van der Waals surface area (Å²) in [7, 11) is 0. The highest BCUT2D eigenvalue weighted by atomic mass is 16.5. The van der Waals surface area contributed by atoms with E-state index in [1.54, 1.807) is 6.08 Å². The number of ether oxygens (including phenoxy) is 1. The van der Waals surface area contributed by atoms with E-state index in [9.17, 15) is 4.79 Å². The van der Waals surface area contributed by atoms with E-state index in [1.807, 2.05) is 19.1 Å². The molecule has 0 saturated carbocycles. The number of allylic oxidation sites excluding steroid dienone is 2. The Bertz CT molecular complexity index is 171. The summed E-state index contributed by atoms with van der Waals surface area (Å²) in [4.78, 5) is 10.6. The molecule has 0 aromatic rings. The molecule has 12 heavy (non-hydrogen) atoms. The molecule has 0 heterocycles. The molecule has 0 amide bonds. The minimum Gasteiger partial charge on any atom is -0.462 e. The van der Waals surface area contributed by atoms with Gasteiger partial charge in [0.25, 0.3) is 0 Å². The Morgan fingerprint density at radius 3 is 2.75 bits per heavy atom. The van der Waals surface area contributed by atoms with E-state index < -0.39 is 0 Å². The van der Waals surface area contributed by atoms with Crippen LogP contribution in [0.25, 0.3) is 0 Å². The molecular formula is C10H16O2. The number of hydrogen-bond donors (Lipinski definition) is 0. The maximum absolute atomic E-state index is 10.6. The normalized spacial score (nSPS) is 12.8. The van der Waals surface area contributed by atoms with Crippen LogP contribution in [0.5, 0.6) is 0 Å². The van der Waals surface area contributed by atoms with Crippen LogP contribution in [-0.2, 0) is 9.53 Å². The van der Waals surface area contributed by atoms with Gasteiger partial charge in [0.05, 0.1) is 0 Å². The first-order valence-corrected chi connectivity index (χ1v) is 4.15. The standard InChI is InChI=1S/C10H16O2/c1-4-6-7-8-10(5-2)12-9(3)11/h4,6-7,10H,1,5,8H2,2-3H3. The zero-order valence-corrected chi connectivity index (χ0v) is 7.75. The molecule has 2 heteroatoms. The Morgan fingerprint density at radius 2 is 2.33 bits per heavy atom. The molecule has 0 rings (SSSR count). The van der Waals surface area contributed by atoms with Gasteiger partial charge in [0.2, 0.25) is 0 Å². The summed E-state index contributed by atoms with van der Waals surface area (Å²) in [5, 5.41) is 0.